The van der Waals surface area contributed by atoms with Gasteiger partial charge < -0.3 is 4.74 Å². The van der Waals surface area contributed by atoms with Crippen molar-refractivity contribution in [3.8, 4) is 0 Å². The smallest absolute Gasteiger partial charge is 0.0558 e. The Bertz CT molecular complexity index is 251. The largest absolute Gasteiger partial charge is 0.382 e. The minimum atomic E-state index is 0.259. The van der Waals surface area contributed by atoms with Gasteiger partial charge >= 0.3 is 0 Å². The molecule has 0 amide bonds. The Morgan fingerprint density at radius 1 is 1.60 bits per heavy atom. The maximum Gasteiger partial charge on any atom is 0.0558 e. The van der Waals surface area contributed by atoms with Crippen molar-refractivity contribution < 1.29 is 4.74 Å². The summed E-state index contributed by atoms with van der Waals surface area (Å²) < 4.78 is 5.23. The van der Waals surface area contributed by atoms with Gasteiger partial charge in [0.05, 0.1) is 6.10 Å². The van der Waals surface area contributed by atoms with Gasteiger partial charge in [0.25, 0.3) is 0 Å². The van der Waals surface area contributed by atoms with E-state index in [1.165, 1.54) is 4.88 Å². The van der Waals surface area contributed by atoms with Gasteiger partial charge in [-0.25, -0.2) is 0 Å². The standard InChI is InChI=1S/C11H20N2OS/c1-9(14-2)8-10(13-12)5-6-11-4-3-7-15-11/h3-4,7,9-10,13H,5-6,8,12H2,1-2H3. The van der Waals surface area contributed by atoms with Crippen LogP contribution in [-0.2, 0) is 11.2 Å². The highest BCUT2D eigenvalue weighted by molar-refractivity contribution is 7.09. The minimum Gasteiger partial charge on any atom is -0.382 e. The number of aryl methyl sites for hydroxylation is 1. The molecule has 0 aliphatic heterocycles. The van der Waals surface area contributed by atoms with Gasteiger partial charge in [-0.2, -0.15) is 0 Å². The molecule has 1 rings (SSSR count). The Labute approximate surface area is 95.6 Å². The van der Waals surface area contributed by atoms with E-state index in [-0.39, 0.29) is 6.10 Å². The molecule has 3 N–H and O–H groups in total. The SMILES string of the molecule is COC(C)CC(CCc1cccs1)NN. The maximum atomic E-state index is 5.51. The highest BCUT2D eigenvalue weighted by Gasteiger charge is 2.11. The van der Waals surface area contributed by atoms with Gasteiger partial charge in [0.2, 0.25) is 0 Å². The van der Waals surface area contributed by atoms with Gasteiger partial charge in [-0.3, -0.25) is 11.3 Å². The van der Waals surface area contributed by atoms with Crippen molar-refractivity contribution in [1.29, 1.82) is 0 Å². The molecule has 0 fully saturated rings. The Balaban J connectivity index is 2.27. The number of rotatable bonds is 7. The van der Waals surface area contributed by atoms with Crippen molar-refractivity contribution in [2.75, 3.05) is 7.11 Å². The molecule has 3 nitrogen and oxygen atoms in total. The molecule has 0 bridgehead atoms. The van der Waals surface area contributed by atoms with Crippen LogP contribution in [0.3, 0.4) is 0 Å². The zero-order valence-electron chi connectivity index (χ0n) is 9.40. The van der Waals surface area contributed by atoms with E-state index in [1.54, 1.807) is 18.4 Å². The number of hydrazine groups is 1. The molecule has 1 heterocycles. The van der Waals surface area contributed by atoms with E-state index in [4.69, 9.17) is 10.6 Å². The Morgan fingerprint density at radius 3 is 2.93 bits per heavy atom. The van der Waals surface area contributed by atoms with Crippen molar-refractivity contribution in [1.82, 2.24) is 5.43 Å². The molecule has 0 aliphatic rings. The number of ether oxygens (including phenoxy) is 1. The maximum absolute atomic E-state index is 5.51. The molecular weight excluding hydrogens is 208 g/mol. The summed E-state index contributed by atoms with van der Waals surface area (Å²) in [5.41, 5.74) is 2.85. The lowest BCUT2D eigenvalue weighted by molar-refractivity contribution is 0.0993. The van der Waals surface area contributed by atoms with Gasteiger partial charge in [-0.05, 0) is 37.6 Å². The first-order valence-corrected chi connectivity index (χ1v) is 6.15. The summed E-state index contributed by atoms with van der Waals surface area (Å²) in [6.45, 7) is 2.06. The van der Waals surface area contributed by atoms with Crippen molar-refractivity contribution in [3.63, 3.8) is 0 Å². The number of nitrogens with one attached hydrogen (secondary N) is 1. The number of hydrogen-bond donors (Lipinski definition) is 2. The van der Waals surface area contributed by atoms with Gasteiger partial charge in [-0.1, -0.05) is 6.07 Å². The van der Waals surface area contributed by atoms with Gasteiger partial charge in [0.15, 0.2) is 0 Å². The molecule has 0 saturated carbocycles. The summed E-state index contributed by atoms with van der Waals surface area (Å²) in [6, 6.07) is 4.59. The second-order valence-electron chi connectivity index (χ2n) is 3.76. The third-order valence-electron chi connectivity index (χ3n) is 2.57. The van der Waals surface area contributed by atoms with Gasteiger partial charge in [0.1, 0.15) is 0 Å². The van der Waals surface area contributed by atoms with E-state index in [0.717, 1.165) is 19.3 Å². The molecular formula is C11H20N2OS. The summed E-state index contributed by atoms with van der Waals surface area (Å²) in [7, 11) is 1.73. The van der Waals surface area contributed by atoms with Gasteiger partial charge in [0, 0.05) is 18.0 Å². The topological polar surface area (TPSA) is 47.3 Å². The average molecular weight is 228 g/mol. The van der Waals surface area contributed by atoms with Crippen LogP contribution in [0, 0.1) is 0 Å². The quantitative estimate of drug-likeness (QED) is 0.554. The van der Waals surface area contributed by atoms with Crippen LogP contribution in [0.15, 0.2) is 17.5 Å². The zero-order valence-corrected chi connectivity index (χ0v) is 10.2. The first-order chi connectivity index (χ1) is 7.26. The van der Waals surface area contributed by atoms with Crippen LogP contribution in [-0.4, -0.2) is 19.3 Å². The molecule has 2 atom stereocenters. The molecule has 86 valence electrons. The van der Waals surface area contributed by atoms with Crippen LogP contribution < -0.4 is 11.3 Å². The molecule has 0 radical (unpaired) electrons. The minimum absolute atomic E-state index is 0.259. The fourth-order valence-corrected chi connectivity index (χ4v) is 2.26. The van der Waals surface area contributed by atoms with E-state index in [1.807, 2.05) is 0 Å². The van der Waals surface area contributed by atoms with E-state index < -0.39 is 0 Å². The predicted molar refractivity (Wildman–Crippen MR) is 64.8 cm³/mol. The fourth-order valence-electron chi connectivity index (χ4n) is 1.54. The van der Waals surface area contributed by atoms with E-state index in [0.29, 0.717) is 6.04 Å². The van der Waals surface area contributed by atoms with E-state index >= 15 is 0 Å². The lowest BCUT2D eigenvalue weighted by atomic mass is 10.1. The number of thiophene rings is 1. The van der Waals surface area contributed by atoms with E-state index in [9.17, 15) is 0 Å². The molecule has 0 saturated heterocycles. The van der Waals surface area contributed by atoms with Crippen LogP contribution in [0.4, 0.5) is 0 Å². The van der Waals surface area contributed by atoms with Crippen LogP contribution in [0.2, 0.25) is 0 Å². The zero-order chi connectivity index (χ0) is 11.1. The molecule has 2 unspecified atom stereocenters. The fraction of sp³-hybridized carbons (Fsp3) is 0.636. The molecule has 15 heavy (non-hydrogen) atoms. The number of hydrogen-bond acceptors (Lipinski definition) is 4. The number of methoxy groups -OCH3 is 1. The van der Waals surface area contributed by atoms with Crippen LogP contribution in [0.1, 0.15) is 24.6 Å². The first-order valence-electron chi connectivity index (χ1n) is 5.27. The third-order valence-corrected chi connectivity index (χ3v) is 3.51. The number of nitrogens with two attached hydrogens (primary N) is 1. The van der Waals surface area contributed by atoms with Crippen molar-refractivity contribution in [3.05, 3.63) is 22.4 Å². The highest BCUT2D eigenvalue weighted by Crippen LogP contribution is 2.14. The van der Waals surface area contributed by atoms with Crippen molar-refractivity contribution in [2.24, 2.45) is 5.84 Å². The first kappa shape index (κ1) is 12.6. The van der Waals surface area contributed by atoms with Crippen LogP contribution in [0.25, 0.3) is 0 Å². The summed E-state index contributed by atoms with van der Waals surface area (Å²) >= 11 is 1.80. The molecule has 0 spiro atoms. The van der Waals surface area contributed by atoms with E-state index in [2.05, 4.69) is 29.9 Å². The highest BCUT2D eigenvalue weighted by atomic mass is 32.1. The van der Waals surface area contributed by atoms with Crippen LogP contribution >= 0.6 is 11.3 Å². The summed E-state index contributed by atoms with van der Waals surface area (Å²) in [5, 5.41) is 2.11. The van der Waals surface area contributed by atoms with Gasteiger partial charge in [-0.15, -0.1) is 11.3 Å². The predicted octanol–water partition coefficient (Wildman–Crippen LogP) is 1.94. The normalized spacial score (nSPS) is 15.1. The summed E-state index contributed by atoms with van der Waals surface area (Å²) in [4.78, 5) is 1.42. The monoisotopic (exact) mass is 228 g/mol. The lowest BCUT2D eigenvalue weighted by Crippen LogP contribution is -2.37. The molecule has 1 aromatic rings. The van der Waals surface area contributed by atoms with Crippen molar-refractivity contribution in [2.45, 2.75) is 38.3 Å². The second kappa shape index (κ2) is 6.95. The van der Waals surface area contributed by atoms with Crippen molar-refractivity contribution >= 4 is 11.3 Å². The summed E-state index contributed by atoms with van der Waals surface area (Å²) in [6.07, 6.45) is 3.36. The second-order valence-corrected chi connectivity index (χ2v) is 4.80. The lowest BCUT2D eigenvalue weighted by Gasteiger charge is -2.18. The average Bonchev–Trinajstić information content (AvgIpc) is 2.76. The molecule has 0 aliphatic carbocycles. The van der Waals surface area contributed by atoms with Crippen LogP contribution in [0.5, 0.6) is 0 Å². The Kier molecular flexibility index (Phi) is 5.86. The molecule has 1 aromatic heterocycles. The summed E-state index contributed by atoms with van der Waals surface area (Å²) in [5.74, 6) is 5.51. The third kappa shape index (κ3) is 4.75. The Hall–Kier alpha value is -0.420. The molecule has 4 heteroatoms. The molecule has 0 aromatic carbocycles. The Morgan fingerprint density at radius 2 is 2.40 bits per heavy atom.